The van der Waals surface area contributed by atoms with E-state index in [-0.39, 0.29) is 57.5 Å². The van der Waals surface area contributed by atoms with E-state index in [9.17, 15) is 53.4 Å². The number of para-hydroxylation sites is 1. The number of aromatic nitrogens is 3. The van der Waals surface area contributed by atoms with Crippen LogP contribution in [0.3, 0.4) is 0 Å². The van der Waals surface area contributed by atoms with Crippen molar-refractivity contribution in [2.75, 3.05) is 19.6 Å². The molecule has 418 valence electrons. The number of amides is 7. The third kappa shape index (κ3) is 21.4. The number of rotatable bonds is 35. The van der Waals surface area contributed by atoms with E-state index in [1.165, 1.54) is 12.5 Å². The maximum absolute atomic E-state index is 14.7. The molecule has 4 rings (SSSR count). The molecule has 2 aromatic carbocycles. The van der Waals surface area contributed by atoms with Gasteiger partial charge in [0.1, 0.15) is 36.3 Å². The number of hydrogen-bond donors (Lipinski definition) is 15. The summed E-state index contributed by atoms with van der Waals surface area (Å²) < 4.78 is 0. The summed E-state index contributed by atoms with van der Waals surface area (Å²) in [5.41, 5.74) is 25.1. The lowest BCUT2D eigenvalue weighted by Gasteiger charge is -2.27. The number of nitrogens with one attached hydrogen (secondary N) is 9. The van der Waals surface area contributed by atoms with Gasteiger partial charge in [-0.3, -0.25) is 43.3 Å². The third-order valence-electron chi connectivity index (χ3n) is 12.3. The fourth-order valence-electron chi connectivity index (χ4n) is 8.13. The second-order valence-corrected chi connectivity index (χ2v) is 18.4. The van der Waals surface area contributed by atoms with E-state index in [1.807, 2.05) is 19.1 Å². The monoisotopic (exact) mass is 1070 g/mol. The number of nitrogens with two attached hydrogens (primary N) is 4. The van der Waals surface area contributed by atoms with Crippen molar-refractivity contribution in [3.05, 3.63) is 90.1 Å². The van der Waals surface area contributed by atoms with Crippen molar-refractivity contribution in [1.29, 1.82) is 0 Å². The number of carboxylic acid groups (broad SMARTS) is 2. The SMILES string of the molecule is CCCC[C@H](N)C(=O)N[C@@H](CCC(=O)O)C(=O)N[C@@H](Cc1cnc[nH]1)C(=O)N[C@H](Cc1ccccc1)C(=O)N[C@@H](CCCN=C(N)N)C(=O)N[C@@H](Cc1c[nH]c2ccccc12)C(=O)NCC(=O)N[C@@H](CCCCN)C(=O)O. The highest BCUT2D eigenvalue weighted by Gasteiger charge is 2.34. The van der Waals surface area contributed by atoms with E-state index in [0.29, 0.717) is 49.0 Å². The number of carbonyl (C=O) groups excluding carboxylic acids is 7. The van der Waals surface area contributed by atoms with Crippen LogP contribution in [0.5, 0.6) is 0 Å². The van der Waals surface area contributed by atoms with E-state index in [2.05, 4.69) is 57.2 Å². The van der Waals surface area contributed by atoms with Gasteiger partial charge in [-0.25, -0.2) is 9.78 Å². The zero-order valence-electron chi connectivity index (χ0n) is 43.1. The molecule has 0 aliphatic heterocycles. The topological polar surface area (TPSA) is 439 Å². The molecule has 0 aliphatic carbocycles. The summed E-state index contributed by atoms with van der Waals surface area (Å²) in [6.45, 7) is 1.62. The van der Waals surface area contributed by atoms with Gasteiger partial charge in [0, 0.05) is 61.2 Å². The minimum Gasteiger partial charge on any atom is -0.481 e. The van der Waals surface area contributed by atoms with Crippen LogP contribution in [0, 0.1) is 0 Å². The Hall–Kier alpha value is -8.39. The van der Waals surface area contributed by atoms with Gasteiger partial charge < -0.3 is 80.3 Å². The number of H-pyrrole nitrogens is 2. The average molecular weight is 1070 g/mol. The fourth-order valence-corrected chi connectivity index (χ4v) is 8.13. The molecule has 0 fully saturated rings. The van der Waals surface area contributed by atoms with Crippen molar-refractivity contribution in [2.45, 2.75) is 133 Å². The number of carboxylic acids is 2. The lowest BCUT2D eigenvalue weighted by molar-refractivity contribution is -0.142. The lowest BCUT2D eigenvalue weighted by Crippen LogP contribution is -2.60. The summed E-state index contributed by atoms with van der Waals surface area (Å²) in [4.78, 5) is 135. The predicted octanol–water partition coefficient (Wildman–Crippen LogP) is -1.41. The van der Waals surface area contributed by atoms with Gasteiger partial charge in [0.15, 0.2) is 5.96 Å². The molecule has 26 nitrogen and oxygen atoms in total. The van der Waals surface area contributed by atoms with Crippen LogP contribution >= 0.6 is 0 Å². The fraction of sp³-hybridized carbons (Fsp3) is 0.471. The number of aromatic amines is 2. The number of unbranched alkanes of at least 4 members (excludes halogenated alkanes) is 2. The number of benzene rings is 2. The van der Waals surface area contributed by atoms with E-state index >= 15 is 0 Å². The molecule has 0 bridgehead atoms. The Kier molecular flexibility index (Phi) is 25.5. The molecule has 2 aromatic heterocycles. The number of aliphatic imine (C=N–C) groups is 1. The first-order valence-corrected chi connectivity index (χ1v) is 25.5. The van der Waals surface area contributed by atoms with Gasteiger partial charge in [0.05, 0.1) is 18.9 Å². The lowest BCUT2D eigenvalue weighted by atomic mass is 10.0. The second kappa shape index (κ2) is 32.1. The van der Waals surface area contributed by atoms with Crippen molar-refractivity contribution < 1.29 is 53.4 Å². The van der Waals surface area contributed by atoms with Gasteiger partial charge >= 0.3 is 11.9 Å². The van der Waals surface area contributed by atoms with Crippen LogP contribution < -0.4 is 60.2 Å². The minimum absolute atomic E-state index is 0.0255. The Morgan fingerprint density at radius 2 is 1.23 bits per heavy atom. The molecule has 26 heteroatoms. The average Bonchev–Trinajstić information content (AvgIpc) is 4.08. The Balaban J connectivity index is 1.65. The molecule has 2 heterocycles. The smallest absolute Gasteiger partial charge is 0.326 e. The first-order valence-electron chi connectivity index (χ1n) is 25.5. The number of fused-ring (bicyclic) bond motifs is 1. The summed E-state index contributed by atoms with van der Waals surface area (Å²) in [5, 5.41) is 38.1. The van der Waals surface area contributed by atoms with Gasteiger partial charge in [-0.05, 0) is 68.7 Å². The summed E-state index contributed by atoms with van der Waals surface area (Å²) in [6, 6.07) is 6.44. The summed E-state index contributed by atoms with van der Waals surface area (Å²) in [7, 11) is 0. The Morgan fingerprint density at radius 1 is 0.636 bits per heavy atom. The van der Waals surface area contributed by atoms with Crippen LogP contribution in [0.15, 0.2) is 78.3 Å². The van der Waals surface area contributed by atoms with E-state index in [0.717, 1.165) is 17.3 Å². The van der Waals surface area contributed by atoms with Gasteiger partial charge in [0.2, 0.25) is 41.4 Å². The van der Waals surface area contributed by atoms with E-state index in [1.54, 1.807) is 48.7 Å². The highest BCUT2D eigenvalue weighted by atomic mass is 16.4. The summed E-state index contributed by atoms with van der Waals surface area (Å²) in [5.74, 6) is -8.55. The molecule has 0 radical (unpaired) electrons. The van der Waals surface area contributed by atoms with Crippen LogP contribution in [-0.4, -0.2) is 146 Å². The van der Waals surface area contributed by atoms with E-state index < -0.39 is 109 Å². The zero-order chi connectivity index (χ0) is 56.3. The number of guanidine groups is 1. The molecular weight excluding hydrogens is 999 g/mol. The maximum Gasteiger partial charge on any atom is 0.326 e. The summed E-state index contributed by atoms with van der Waals surface area (Å²) in [6.07, 6.45) is 5.86. The predicted molar refractivity (Wildman–Crippen MR) is 284 cm³/mol. The number of aliphatic carboxylic acids is 2. The van der Waals surface area contributed by atoms with Crippen molar-refractivity contribution in [3.8, 4) is 0 Å². The number of imidazole rings is 1. The third-order valence-corrected chi connectivity index (χ3v) is 12.3. The zero-order valence-corrected chi connectivity index (χ0v) is 43.1. The van der Waals surface area contributed by atoms with Gasteiger partial charge in [-0.1, -0.05) is 68.3 Å². The van der Waals surface area contributed by atoms with Crippen molar-refractivity contribution in [1.82, 2.24) is 52.2 Å². The standard InChI is InChI=1S/C51H73N15O11/c1-2-3-15-34(53)44(70)62-37(19-20-43(68)69)47(73)66-41(25-32-27-56-29-60-32)49(75)64-39(23-30-12-5-4-6-13-30)48(74)63-36(18-11-22-57-51(54)55)46(72)65-40(24-31-26-58-35-16-8-7-14-33(31)35)45(71)59-28-42(67)61-38(50(76)77)17-9-10-21-52/h4-8,12-14,16,26-27,29,34,36-41,58H,2-3,9-11,15,17-25,28,52-53H2,1H3,(H,56,60)(H,59,71)(H,61,67)(H,62,70)(H,63,74)(H,64,75)(H,65,72)(H,66,73)(H,68,69)(H,76,77)(H4,54,55,57)/t34-,36-,37-,38-,39+,40-,41-/m0/s1. The molecule has 0 saturated heterocycles. The Morgan fingerprint density at radius 3 is 1.86 bits per heavy atom. The quantitative estimate of drug-likeness (QED) is 0.0143. The maximum atomic E-state index is 14.7. The van der Waals surface area contributed by atoms with Gasteiger partial charge in [-0.15, -0.1) is 0 Å². The molecule has 4 aromatic rings. The highest BCUT2D eigenvalue weighted by molar-refractivity contribution is 5.98. The Bertz CT molecular complexity index is 2610. The molecule has 0 saturated carbocycles. The molecule has 0 unspecified atom stereocenters. The molecule has 77 heavy (non-hydrogen) atoms. The first-order chi connectivity index (χ1) is 36.9. The van der Waals surface area contributed by atoms with Crippen LogP contribution in [0.2, 0.25) is 0 Å². The minimum atomic E-state index is -1.46. The van der Waals surface area contributed by atoms with Gasteiger partial charge in [0.25, 0.3) is 0 Å². The molecule has 7 atom stereocenters. The highest BCUT2D eigenvalue weighted by Crippen LogP contribution is 2.20. The van der Waals surface area contributed by atoms with E-state index in [4.69, 9.17) is 22.9 Å². The number of nitrogens with zero attached hydrogens (tertiary/aromatic N) is 2. The summed E-state index contributed by atoms with van der Waals surface area (Å²) >= 11 is 0. The Labute approximate surface area is 444 Å². The normalized spacial score (nSPS) is 13.8. The van der Waals surface area contributed by atoms with Crippen molar-refractivity contribution in [2.24, 2.45) is 27.9 Å². The van der Waals surface area contributed by atoms with Crippen molar-refractivity contribution >= 4 is 70.2 Å². The second-order valence-electron chi connectivity index (χ2n) is 18.4. The number of hydrogen-bond acceptors (Lipinski definition) is 13. The molecule has 7 amide bonds. The molecule has 0 aliphatic rings. The first kappa shape index (κ1) is 61.2. The molecular formula is C51H73N15O11. The molecule has 0 spiro atoms. The molecule has 19 N–H and O–H groups in total. The van der Waals surface area contributed by atoms with Crippen LogP contribution in [0.1, 0.15) is 88.0 Å². The largest absolute Gasteiger partial charge is 0.481 e. The van der Waals surface area contributed by atoms with Crippen LogP contribution in [0.4, 0.5) is 0 Å². The van der Waals surface area contributed by atoms with Crippen molar-refractivity contribution in [3.63, 3.8) is 0 Å². The van der Waals surface area contributed by atoms with Crippen LogP contribution in [-0.2, 0) is 62.4 Å². The van der Waals surface area contributed by atoms with Gasteiger partial charge in [-0.2, -0.15) is 0 Å². The van der Waals surface area contributed by atoms with Crippen LogP contribution in [0.25, 0.3) is 10.9 Å². The number of carbonyl (C=O) groups is 9.